The minimum Gasteiger partial charge on any atom is -0.493 e. The minimum absolute atomic E-state index is 0.136. The van der Waals surface area contributed by atoms with E-state index in [9.17, 15) is 4.79 Å². The van der Waals surface area contributed by atoms with Gasteiger partial charge < -0.3 is 29.3 Å². The molecule has 0 radical (unpaired) electrons. The Bertz CT molecular complexity index is 741. The SMILES string of the molecule is CCCOc1ccc(CN=C(NCC)N2CCN(C(=O)C3CCCO3)CC2)cc1OC. The van der Waals surface area contributed by atoms with Gasteiger partial charge in [0, 0.05) is 39.3 Å². The number of nitrogens with zero attached hydrogens (tertiary/aromatic N) is 3. The van der Waals surface area contributed by atoms with Crippen LogP contribution in [0, 0.1) is 0 Å². The summed E-state index contributed by atoms with van der Waals surface area (Å²) in [5.41, 5.74) is 1.06. The van der Waals surface area contributed by atoms with Gasteiger partial charge in [-0.15, -0.1) is 0 Å². The van der Waals surface area contributed by atoms with Crippen LogP contribution in [-0.2, 0) is 16.1 Å². The second-order valence-corrected chi connectivity index (χ2v) is 7.82. The molecule has 2 fully saturated rings. The zero-order valence-electron chi connectivity index (χ0n) is 19.1. The Balaban J connectivity index is 1.59. The van der Waals surface area contributed by atoms with Crippen molar-refractivity contribution in [2.45, 2.75) is 45.8 Å². The number of guanidine groups is 1. The van der Waals surface area contributed by atoms with Crippen molar-refractivity contribution in [3.8, 4) is 11.5 Å². The van der Waals surface area contributed by atoms with Crippen LogP contribution in [-0.4, -0.2) is 80.8 Å². The lowest BCUT2D eigenvalue weighted by Crippen LogP contribution is -2.55. The summed E-state index contributed by atoms with van der Waals surface area (Å²) in [4.78, 5) is 21.6. The van der Waals surface area contributed by atoms with Crippen LogP contribution in [0.4, 0.5) is 0 Å². The van der Waals surface area contributed by atoms with Gasteiger partial charge in [-0.1, -0.05) is 13.0 Å². The van der Waals surface area contributed by atoms with E-state index in [0.29, 0.717) is 32.8 Å². The molecule has 1 unspecified atom stereocenters. The van der Waals surface area contributed by atoms with Crippen molar-refractivity contribution >= 4 is 11.9 Å². The van der Waals surface area contributed by atoms with E-state index in [2.05, 4.69) is 24.1 Å². The van der Waals surface area contributed by atoms with Crippen LogP contribution >= 0.6 is 0 Å². The molecule has 2 aliphatic rings. The maximum Gasteiger partial charge on any atom is 0.251 e. The monoisotopic (exact) mass is 432 g/mol. The number of methoxy groups -OCH3 is 1. The Labute approximate surface area is 185 Å². The van der Waals surface area contributed by atoms with Crippen LogP contribution in [0.2, 0.25) is 0 Å². The summed E-state index contributed by atoms with van der Waals surface area (Å²) in [5.74, 6) is 2.50. The zero-order valence-corrected chi connectivity index (χ0v) is 19.1. The Morgan fingerprint density at radius 2 is 1.97 bits per heavy atom. The summed E-state index contributed by atoms with van der Waals surface area (Å²) in [5, 5.41) is 3.38. The highest BCUT2D eigenvalue weighted by molar-refractivity contribution is 5.82. The van der Waals surface area contributed by atoms with E-state index in [1.165, 1.54) is 0 Å². The summed E-state index contributed by atoms with van der Waals surface area (Å²) >= 11 is 0. The highest BCUT2D eigenvalue weighted by atomic mass is 16.5. The van der Waals surface area contributed by atoms with E-state index >= 15 is 0 Å². The standard InChI is InChI=1S/C23H36N4O4/c1-4-14-30-19-9-8-18(16-21(19)29-3)17-25-23(24-5-2)27-12-10-26(11-13-27)22(28)20-7-6-15-31-20/h8-9,16,20H,4-7,10-15,17H2,1-3H3,(H,24,25). The van der Waals surface area contributed by atoms with Gasteiger partial charge in [0.1, 0.15) is 6.10 Å². The molecule has 2 saturated heterocycles. The number of aliphatic imine (C=N–C) groups is 1. The smallest absolute Gasteiger partial charge is 0.251 e. The molecule has 0 saturated carbocycles. The summed E-state index contributed by atoms with van der Waals surface area (Å²) in [6.45, 7) is 9.76. The van der Waals surface area contributed by atoms with E-state index in [1.807, 2.05) is 23.1 Å². The fraction of sp³-hybridized carbons (Fsp3) is 0.652. The van der Waals surface area contributed by atoms with Gasteiger partial charge in [0.25, 0.3) is 5.91 Å². The normalized spacial score (nSPS) is 19.5. The molecule has 0 bridgehead atoms. The minimum atomic E-state index is -0.243. The molecule has 0 aromatic heterocycles. The molecule has 31 heavy (non-hydrogen) atoms. The number of piperazine rings is 1. The molecule has 1 amide bonds. The maximum absolute atomic E-state index is 12.6. The Morgan fingerprint density at radius 1 is 1.19 bits per heavy atom. The van der Waals surface area contributed by atoms with Gasteiger partial charge >= 0.3 is 0 Å². The molecule has 0 spiro atoms. The van der Waals surface area contributed by atoms with Crippen molar-refractivity contribution in [1.82, 2.24) is 15.1 Å². The van der Waals surface area contributed by atoms with Crippen molar-refractivity contribution in [1.29, 1.82) is 0 Å². The molecule has 1 aromatic carbocycles. The first-order valence-corrected chi connectivity index (χ1v) is 11.4. The molecule has 1 aromatic rings. The van der Waals surface area contributed by atoms with Gasteiger partial charge in [-0.05, 0) is 43.9 Å². The third-order valence-corrected chi connectivity index (χ3v) is 5.53. The second kappa shape index (κ2) is 11.8. The Hall–Kier alpha value is -2.48. The van der Waals surface area contributed by atoms with E-state index in [1.54, 1.807) is 7.11 Å². The number of amides is 1. The fourth-order valence-electron chi connectivity index (χ4n) is 3.85. The molecule has 2 aliphatic heterocycles. The van der Waals surface area contributed by atoms with Crippen LogP contribution in [0.3, 0.4) is 0 Å². The van der Waals surface area contributed by atoms with Crippen LogP contribution in [0.15, 0.2) is 23.2 Å². The summed E-state index contributed by atoms with van der Waals surface area (Å²) in [7, 11) is 1.66. The molecule has 2 heterocycles. The van der Waals surface area contributed by atoms with Gasteiger partial charge in [0.05, 0.1) is 20.3 Å². The molecular weight excluding hydrogens is 396 g/mol. The highest BCUT2D eigenvalue weighted by Gasteiger charge is 2.30. The summed E-state index contributed by atoms with van der Waals surface area (Å²) in [6, 6.07) is 5.96. The van der Waals surface area contributed by atoms with Crippen molar-refractivity contribution in [3.05, 3.63) is 23.8 Å². The van der Waals surface area contributed by atoms with Crippen molar-refractivity contribution in [2.75, 3.05) is 53.0 Å². The molecule has 1 atom stereocenters. The predicted octanol–water partition coefficient (Wildman–Crippen LogP) is 2.27. The van der Waals surface area contributed by atoms with Crippen molar-refractivity contribution in [2.24, 2.45) is 4.99 Å². The number of hydrogen-bond acceptors (Lipinski definition) is 5. The topological polar surface area (TPSA) is 75.6 Å². The highest BCUT2D eigenvalue weighted by Crippen LogP contribution is 2.28. The van der Waals surface area contributed by atoms with E-state index in [-0.39, 0.29) is 12.0 Å². The van der Waals surface area contributed by atoms with Crippen LogP contribution in [0.5, 0.6) is 11.5 Å². The number of hydrogen-bond donors (Lipinski definition) is 1. The molecule has 3 rings (SSSR count). The molecule has 8 nitrogen and oxygen atoms in total. The Morgan fingerprint density at radius 3 is 2.61 bits per heavy atom. The largest absolute Gasteiger partial charge is 0.493 e. The van der Waals surface area contributed by atoms with E-state index < -0.39 is 0 Å². The van der Waals surface area contributed by atoms with Crippen molar-refractivity contribution < 1.29 is 19.0 Å². The number of ether oxygens (including phenoxy) is 3. The predicted molar refractivity (Wildman–Crippen MR) is 121 cm³/mol. The Kier molecular flexibility index (Phi) is 8.82. The lowest BCUT2D eigenvalue weighted by atomic mass is 10.2. The second-order valence-electron chi connectivity index (χ2n) is 7.82. The number of carbonyl (C=O) groups is 1. The summed E-state index contributed by atoms with van der Waals surface area (Å²) < 4.78 is 16.8. The molecule has 1 N–H and O–H groups in total. The quantitative estimate of drug-likeness (QED) is 0.502. The molecule has 0 aliphatic carbocycles. The molecule has 172 valence electrons. The van der Waals surface area contributed by atoms with Gasteiger partial charge in [-0.2, -0.15) is 0 Å². The third kappa shape index (κ3) is 6.26. The van der Waals surface area contributed by atoms with E-state index in [0.717, 1.165) is 61.9 Å². The number of benzene rings is 1. The lowest BCUT2D eigenvalue weighted by molar-refractivity contribution is -0.142. The number of nitrogens with one attached hydrogen (secondary N) is 1. The van der Waals surface area contributed by atoms with Crippen LogP contribution in [0.1, 0.15) is 38.7 Å². The first kappa shape index (κ1) is 23.2. The number of carbonyl (C=O) groups excluding carboxylic acids is 1. The van der Waals surface area contributed by atoms with Gasteiger partial charge in [0.15, 0.2) is 17.5 Å². The summed E-state index contributed by atoms with van der Waals surface area (Å²) in [6.07, 6.45) is 2.53. The van der Waals surface area contributed by atoms with E-state index in [4.69, 9.17) is 19.2 Å². The third-order valence-electron chi connectivity index (χ3n) is 5.53. The zero-order chi connectivity index (χ0) is 22.1. The lowest BCUT2D eigenvalue weighted by Gasteiger charge is -2.37. The first-order chi connectivity index (χ1) is 15.2. The number of rotatable bonds is 8. The fourth-order valence-corrected chi connectivity index (χ4v) is 3.85. The molecule has 8 heteroatoms. The molecular formula is C23H36N4O4. The van der Waals surface area contributed by atoms with Crippen LogP contribution in [0.25, 0.3) is 0 Å². The van der Waals surface area contributed by atoms with Gasteiger partial charge in [-0.3, -0.25) is 4.79 Å². The van der Waals surface area contributed by atoms with Crippen molar-refractivity contribution in [3.63, 3.8) is 0 Å². The average Bonchev–Trinajstić information content (AvgIpc) is 3.35. The average molecular weight is 433 g/mol. The van der Waals surface area contributed by atoms with Gasteiger partial charge in [-0.25, -0.2) is 4.99 Å². The van der Waals surface area contributed by atoms with Gasteiger partial charge in [0.2, 0.25) is 0 Å². The van der Waals surface area contributed by atoms with Crippen LogP contribution < -0.4 is 14.8 Å². The first-order valence-electron chi connectivity index (χ1n) is 11.4. The maximum atomic E-state index is 12.6.